The second-order valence-corrected chi connectivity index (χ2v) is 6.35. The molecule has 0 aliphatic heterocycles. The molecule has 29 heavy (non-hydrogen) atoms. The van der Waals surface area contributed by atoms with Crippen molar-refractivity contribution < 1.29 is 14.3 Å². The molecule has 0 saturated heterocycles. The number of esters is 1. The molecule has 0 saturated carbocycles. The molecular weight excluding hydrogens is 370 g/mol. The summed E-state index contributed by atoms with van der Waals surface area (Å²) in [5.74, 6) is 1.02. The van der Waals surface area contributed by atoms with Gasteiger partial charge in [0.15, 0.2) is 12.4 Å². The van der Waals surface area contributed by atoms with Crippen molar-refractivity contribution in [3.8, 4) is 5.75 Å². The lowest BCUT2D eigenvalue weighted by atomic mass is 10.1. The fraction of sp³-hybridized carbons (Fsp3) is 0.238. The SMILES string of the molecule is COc1ccccc1CCC(=O)OCc1nc(N)nc(Nc2ccccc2C)n1. The molecular formula is C21H23N5O3. The van der Waals surface area contributed by atoms with E-state index in [0.717, 1.165) is 22.6 Å². The van der Waals surface area contributed by atoms with E-state index in [2.05, 4.69) is 20.3 Å². The Morgan fingerprint density at radius 3 is 2.62 bits per heavy atom. The van der Waals surface area contributed by atoms with Gasteiger partial charge in [0.05, 0.1) is 7.11 Å². The van der Waals surface area contributed by atoms with Crippen molar-refractivity contribution in [2.24, 2.45) is 0 Å². The van der Waals surface area contributed by atoms with Crippen molar-refractivity contribution in [3.05, 3.63) is 65.5 Å². The minimum atomic E-state index is -0.358. The van der Waals surface area contributed by atoms with Gasteiger partial charge in [-0.2, -0.15) is 15.0 Å². The van der Waals surface area contributed by atoms with E-state index in [1.807, 2.05) is 55.5 Å². The molecule has 0 unspecified atom stereocenters. The fourth-order valence-corrected chi connectivity index (χ4v) is 2.76. The zero-order valence-electron chi connectivity index (χ0n) is 16.4. The van der Waals surface area contributed by atoms with E-state index in [9.17, 15) is 4.79 Å². The standard InChI is InChI=1S/C21H23N5O3/c1-14-7-3-5-9-16(14)23-21-25-18(24-20(22)26-21)13-29-19(27)12-11-15-8-4-6-10-17(15)28-2/h3-10H,11-13H2,1-2H3,(H3,22,23,24,25,26). The number of methoxy groups -OCH3 is 1. The summed E-state index contributed by atoms with van der Waals surface area (Å²) in [6.45, 7) is 1.89. The number of nitrogens with two attached hydrogens (primary N) is 1. The van der Waals surface area contributed by atoms with Gasteiger partial charge < -0.3 is 20.5 Å². The summed E-state index contributed by atoms with van der Waals surface area (Å²) in [6.07, 6.45) is 0.734. The lowest BCUT2D eigenvalue weighted by Crippen LogP contribution is -2.11. The quantitative estimate of drug-likeness (QED) is 0.561. The summed E-state index contributed by atoms with van der Waals surface area (Å²) < 4.78 is 10.6. The Morgan fingerprint density at radius 2 is 1.83 bits per heavy atom. The minimum absolute atomic E-state index is 0.0520. The van der Waals surface area contributed by atoms with E-state index in [1.54, 1.807) is 7.11 Å². The summed E-state index contributed by atoms with van der Waals surface area (Å²) in [7, 11) is 1.60. The minimum Gasteiger partial charge on any atom is -0.496 e. The fourth-order valence-electron chi connectivity index (χ4n) is 2.76. The number of carbonyl (C=O) groups excluding carboxylic acids is 1. The van der Waals surface area contributed by atoms with Crippen LogP contribution in [0.1, 0.15) is 23.4 Å². The average molecular weight is 393 g/mol. The number of aryl methyl sites for hydroxylation is 2. The van der Waals surface area contributed by atoms with Gasteiger partial charge in [0.2, 0.25) is 11.9 Å². The van der Waals surface area contributed by atoms with E-state index in [1.165, 1.54) is 0 Å². The summed E-state index contributed by atoms with van der Waals surface area (Å²) in [6, 6.07) is 15.3. The maximum atomic E-state index is 12.1. The summed E-state index contributed by atoms with van der Waals surface area (Å²) in [5, 5.41) is 3.10. The van der Waals surface area contributed by atoms with Gasteiger partial charge in [-0.15, -0.1) is 0 Å². The molecule has 0 bridgehead atoms. The number of carbonyl (C=O) groups is 1. The molecule has 0 spiro atoms. The Morgan fingerprint density at radius 1 is 1.07 bits per heavy atom. The van der Waals surface area contributed by atoms with Crippen molar-refractivity contribution >= 4 is 23.6 Å². The first kappa shape index (κ1) is 20.1. The van der Waals surface area contributed by atoms with Crippen LogP contribution in [0.4, 0.5) is 17.6 Å². The first-order valence-electron chi connectivity index (χ1n) is 9.15. The van der Waals surface area contributed by atoms with Crippen LogP contribution in [0.25, 0.3) is 0 Å². The largest absolute Gasteiger partial charge is 0.496 e. The van der Waals surface area contributed by atoms with Crippen molar-refractivity contribution in [2.45, 2.75) is 26.4 Å². The van der Waals surface area contributed by atoms with Crippen LogP contribution in [0, 0.1) is 6.92 Å². The van der Waals surface area contributed by atoms with Crippen LogP contribution in [0.15, 0.2) is 48.5 Å². The van der Waals surface area contributed by atoms with Gasteiger partial charge in [0.25, 0.3) is 0 Å². The first-order chi connectivity index (χ1) is 14.0. The topological polar surface area (TPSA) is 112 Å². The molecule has 0 aliphatic rings. The molecule has 0 fully saturated rings. The van der Waals surface area contributed by atoms with Crippen LogP contribution in [0.3, 0.4) is 0 Å². The van der Waals surface area contributed by atoms with Crippen molar-refractivity contribution in [1.29, 1.82) is 0 Å². The molecule has 0 radical (unpaired) electrons. The van der Waals surface area contributed by atoms with E-state index in [-0.39, 0.29) is 30.8 Å². The number of benzene rings is 2. The Labute approximate surface area is 169 Å². The van der Waals surface area contributed by atoms with Crippen LogP contribution in [0.2, 0.25) is 0 Å². The van der Waals surface area contributed by atoms with E-state index >= 15 is 0 Å². The number of aromatic nitrogens is 3. The molecule has 3 rings (SSSR count). The number of para-hydroxylation sites is 2. The highest BCUT2D eigenvalue weighted by Gasteiger charge is 2.11. The second-order valence-electron chi connectivity index (χ2n) is 6.35. The monoisotopic (exact) mass is 393 g/mol. The lowest BCUT2D eigenvalue weighted by Gasteiger charge is -2.10. The van der Waals surface area contributed by atoms with Gasteiger partial charge in [-0.05, 0) is 36.6 Å². The van der Waals surface area contributed by atoms with E-state index in [4.69, 9.17) is 15.2 Å². The zero-order valence-corrected chi connectivity index (χ0v) is 16.4. The van der Waals surface area contributed by atoms with Gasteiger partial charge in [-0.1, -0.05) is 36.4 Å². The number of anilines is 3. The zero-order chi connectivity index (χ0) is 20.6. The van der Waals surface area contributed by atoms with Crippen LogP contribution >= 0.6 is 0 Å². The highest BCUT2D eigenvalue weighted by Crippen LogP contribution is 2.20. The van der Waals surface area contributed by atoms with Gasteiger partial charge in [0.1, 0.15) is 5.75 Å². The van der Waals surface area contributed by atoms with Gasteiger partial charge in [-0.25, -0.2) is 0 Å². The van der Waals surface area contributed by atoms with Crippen molar-refractivity contribution in [3.63, 3.8) is 0 Å². The highest BCUT2D eigenvalue weighted by atomic mass is 16.5. The molecule has 8 heteroatoms. The first-order valence-corrected chi connectivity index (χ1v) is 9.15. The van der Waals surface area contributed by atoms with Crippen LogP contribution in [0.5, 0.6) is 5.75 Å². The molecule has 3 aromatic rings. The number of ether oxygens (including phenoxy) is 2. The number of rotatable bonds is 8. The predicted octanol–water partition coefficient (Wildman–Crippen LogP) is 3.19. The summed E-state index contributed by atoms with van der Waals surface area (Å²) >= 11 is 0. The summed E-state index contributed by atoms with van der Waals surface area (Å²) in [5.41, 5.74) is 8.61. The number of nitrogen functional groups attached to an aromatic ring is 1. The molecule has 8 nitrogen and oxygen atoms in total. The number of hydrogen-bond donors (Lipinski definition) is 2. The molecule has 0 atom stereocenters. The van der Waals surface area contributed by atoms with Gasteiger partial charge in [0, 0.05) is 12.1 Å². The van der Waals surface area contributed by atoms with Crippen LogP contribution in [-0.4, -0.2) is 28.0 Å². The number of nitrogens with zero attached hydrogens (tertiary/aromatic N) is 3. The Kier molecular flexibility index (Phi) is 6.57. The van der Waals surface area contributed by atoms with Crippen molar-refractivity contribution in [2.75, 3.05) is 18.2 Å². The Bertz CT molecular complexity index is 994. The maximum absolute atomic E-state index is 12.1. The molecule has 1 heterocycles. The molecule has 1 aromatic heterocycles. The Hall–Kier alpha value is -3.68. The van der Waals surface area contributed by atoms with Crippen LogP contribution < -0.4 is 15.8 Å². The van der Waals surface area contributed by atoms with Crippen LogP contribution in [-0.2, 0) is 22.6 Å². The molecule has 0 aliphatic carbocycles. The predicted molar refractivity (Wildman–Crippen MR) is 110 cm³/mol. The smallest absolute Gasteiger partial charge is 0.306 e. The Balaban J connectivity index is 1.58. The summed E-state index contributed by atoms with van der Waals surface area (Å²) in [4.78, 5) is 24.5. The molecule has 3 N–H and O–H groups in total. The van der Waals surface area contributed by atoms with Gasteiger partial charge in [-0.3, -0.25) is 4.79 Å². The third kappa shape index (κ3) is 5.65. The maximum Gasteiger partial charge on any atom is 0.306 e. The number of hydrogen-bond acceptors (Lipinski definition) is 8. The van der Waals surface area contributed by atoms with E-state index < -0.39 is 0 Å². The third-order valence-electron chi connectivity index (χ3n) is 4.24. The van der Waals surface area contributed by atoms with Crippen molar-refractivity contribution in [1.82, 2.24) is 15.0 Å². The second kappa shape index (κ2) is 9.50. The highest BCUT2D eigenvalue weighted by molar-refractivity contribution is 5.69. The molecule has 150 valence electrons. The molecule has 0 amide bonds. The lowest BCUT2D eigenvalue weighted by molar-refractivity contribution is -0.145. The number of nitrogens with one attached hydrogen (secondary N) is 1. The van der Waals surface area contributed by atoms with Gasteiger partial charge >= 0.3 is 5.97 Å². The average Bonchev–Trinajstić information content (AvgIpc) is 2.72. The molecule has 2 aromatic carbocycles. The van der Waals surface area contributed by atoms with E-state index in [0.29, 0.717) is 12.4 Å². The third-order valence-corrected chi connectivity index (χ3v) is 4.24. The normalized spacial score (nSPS) is 10.4.